The van der Waals surface area contributed by atoms with E-state index in [1.807, 2.05) is 18.5 Å². The highest BCUT2D eigenvalue weighted by atomic mass is 35.5. The summed E-state index contributed by atoms with van der Waals surface area (Å²) < 4.78 is 1.81. The number of hydrogen-bond donors (Lipinski definition) is 2. The maximum Gasteiger partial charge on any atom is 0.245 e. The van der Waals surface area contributed by atoms with Crippen molar-refractivity contribution in [3.8, 4) is 0 Å². The summed E-state index contributed by atoms with van der Waals surface area (Å²) in [7, 11) is 0. The average Bonchev–Trinajstić information content (AvgIpc) is 2.61. The number of amides is 1. The van der Waals surface area contributed by atoms with Crippen molar-refractivity contribution >= 4 is 17.5 Å². The summed E-state index contributed by atoms with van der Waals surface area (Å²) in [5.74, 6) is -0.526. The molecule has 7 heteroatoms. The van der Waals surface area contributed by atoms with E-state index in [0.29, 0.717) is 11.6 Å². The first-order valence-corrected chi connectivity index (χ1v) is 5.84. The van der Waals surface area contributed by atoms with Crippen molar-refractivity contribution < 1.29 is 9.63 Å². The topological polar surface area (TPSA) is 82.2 Å². The molecule has 0 spiro atoms. The highest BCUT2D eigenvalue weighted by Gasteiger charge is 2.13. The molecule has 0 bridgehead atoms. The molecule has 0 atom stereocenters. The zero-order valence-electron chi connectivity index (χ0n) is 9.99. The molecule has 0 aromatic carbocycles. The molecule has 0 fully saturated rings. The number of nitrogens with zero attached hydrogens (tertiary/aromatic N) is 2. The summed E-state index contributed by atoms with van der Waals surface area (Å²) in [6.07, 6.45) is 0.779. The minimum Gasteiger partial charge on any atom is -0.368 e. The lowest BCUT2D eigenvalue weighted by atomic mass is 10.3. The van der Waals surface area contributed by atoms with Crippen molar-refractivity contribution in [2.24, 2.45) is 5.73 Å². The monoisotopic (exact) mass is 260 g/mol. The summed E-state index contributed by atoms with van der Waals surface area (Å²) in [6, 6.07) is 0. The fraction of sp³-hybridized carbons (Fsp3) is 0.600. The van der Waals surface area contributed by atoms with Crippen molar-refractivity contribution in [2.75, 3.05) is 6.61 Å². The summed E-state index contributed by atoms with van der Waals surface area (Å²) >= 11 is 6.18. The summed E-state index contributed by atoms with van der Waals surface area (Å²) in [5, 5.41) is 5.00. The van der Waals surface area contributed by atoms with Crippen molar-refractivity contribution in [2.45, 2.75) is 33.4 Å². The Morgan fingerprint density at radius 2 is 2.29 bits per heavy atom. The molecule has 3 N–H and O–H groups in total. The van der Waals surface area contributed by atoms with Crippen LogP contribution in [0, 0.1) is 0 Å². The van der Waals surface area contributed by atoms with Gasteiger partial charge >= 0.3 is 0 Å². The molecule has 6 nitrogen and oxygen atoms in total. The van der Waals surface area contributed by atoms with Crippen LogP contribution in [0.4, 0.5) is 0 Å². The number of carbonyl (C=O) groups is 1. The van der Waals surface area contributed by atoms with Crippen LogP contribution in [-0.2, 0) is 29.1 Å². The number of hydroxylamine groups is 1. The van der Waals surface area contributed by atoms with Gasteiger partial charge in [-0.2, -0.15) is 10.6 Å². The van der Waals surface area contributed by atoms with Gasteiger partial charge in [0, 0.05) is 6.54 Å². The molecule has 1 rings (SSSR count). The van der Waals surface area contributed by atoms with Gasteiger partial charge in [-0.1, -0.05) is 18.5 Å². The lowest BCUT2D eigenvalue weighted by Gasteiger charge is -2.06. The van der Waals surface area contributed by atoms with E-state index < -0.39 is 5.91 Å². The molecule has 17 heavy (non-hydrogen) atoms. The number of rotatable bonds is 7. The molecule has 0 aliphatic carbocycles. The molecule has 0 saturated heterocycles. The van der Waals surface area contributed by atoms with Crippen LogP contribution in [-0.4, -0.2) is 22.3 Å². The molecule has 1 heterocycles. The Balaban J connectivity index is 2.62. The fourth-order valence-electron chi connectivity index (χ4n) is 1.43. The number of aromatic nitrogens is 2. The lowest BCUT2D eigenvalue weighted by Crippen LogP contribution is -2.25. The van der Waals surface area contributed by atoms with Gasteiger partial charge in [0.05, 0.1) is 23.0 Å². The van der Waals surface area contributed by atoms with Crippen LogP contribution in [0.3, 0.4) is 0 Å². The minimum atomic E-state index is -0.526. The van der Waals surface area contributed by atoms with Crippen LogP contribution in [0.2, 0.25) is 5.02 Å². The van der Waals surface area contributed by atoms with Gasteiger partial charge in [0.15, 0.2) is 0 Å². The van der Waals surface area contributed by atoms with Crippen molar-refractivity contribution in [3.63, 3.8) is 0 Å². The van der Waals surface area contributed by atoms with Gasteiger partial charge in [0.25, 0.3) is 0 Å². The average molecular weight is 261 g/mol. The SMILES string of the molecule is CCc1nn(CC)c(CNOCC(N)=O)c1Cl. The van der Waals surface area contributed by atoms with Crippen LogP contribution in [0.25, 0.3) is 0 Å². The Hall–Kier alpha value is -1.11. The van der Waals surface area contributed by atoms with E-state index in [0.717, 1.165) is 24.4 Å². The predicted molar refractivity (Wildman–Crippen MR) is 64.3 cm³/mol. The van der Waals surface area contributed by atoms with E-state index >= 15 is 0 Å². The second-order valence-electron chi connectivity index (χ2n) is 3.45. The van der Waals surface area contributed by atoms with Gasteiger partial charge in [0.2, 0.25) is 5.91 Å². The van der Waals surface area contributed by atoms with Gasteiger partial charge in [-0.15, -0.1) is 0 Å². The molecule has 0 saturated carbocycles. The third-order valence-electron chi connectivity index (χ3n) is 2.25. The van der Waals surface area contributed by atoms with Gasteiger partial charge in [-0.05, 0) is 13.3 Å². The van der Waals surface area contributed by atoms with E-state index in [-0.39, 0.29) is 6.61 Å². The summed E-state index contributed by atoms with van der Waals surface area (Å²) in [4.78, 5) is 15.3. The highest BCUT2D eigenvalue weighted by Crippen LogP contribution is 2.21. The van der Waals surface area contributed by atoms with Gasteiger partial charge in [0.1, 0.15) is 6.61 Å². The first kappa shape index (κ1) is 14.0. The first-order valence-electron chi connectivity index (χ1n) is 5.47. The molecule has 1 aromatic heterocycles. The third-order valence-corrected chi connectivity index (χ3v) is 2.69. The smallest absolute Gasteiger partial charge is 0.245 e. The van der Waals surface area contributed by atoms with Crippen LogP contribution in [0.1, 0.15) is 25.2 Å². The lowest BCUT2D eigenvalue weighted by molar-refractivity contribution is -0.125. The summed E-state index contributed by atoms with van der Waals surface area (Å²) in [5.41, 5.74) is 9.28. The van der Waals surface area contributed by atoms with Crippen molar-refractivity contribution in [1.29, 1.82) is 0 Å². The second kappa shape index (κ2) is 6.58. The highest BCUT2D eigenvalue weighted by molar-refractivity contribution is 6.31. The number of aryl methyl sites for hydroxylation is 2. The van der Waals surface area contributed by atoms with Crippen LogP contribution in [0.5, 0.6) is 0 Å². The zero-order valence-corrected chi connectivity index (χ0v) is 10.8. The zero-order chi connectivity index (χ0) is 12.8. The predicted octanol–water partition coefficient (Wildman–Crippen LogP) is 0.625. The van der Waals surface area contributed by atoms with Crippen molar-refractivity contribution in [3.05, 3.63) is 16.4 Å². The first-order chi connectivity index (χ1) is 8.10. The molecule has 96 valence electrons. The largest absolute Gasteiger partial charge is 0.368 e. The Morgan fingerprint density at radius 3 is 2.82 bits per heavy atom. The van der Waals surface area contributed by atoms with Crippen LogP contribution >= 0.6 is 11.6 Å². The van der Waals surface area contributed by atoms with E-state index in [9.17, 15) is 4.79 Å². The standard InChI is InChI=1S/C10H17ClN4O2/c1-3-7-10(11)8(15(4-2)14-7)5-13-17-6-9(12)16/h13H,3-6H2,1-2H3,(H2,12,16). The van der Waals surface area contributed by atoms with E-state index in [1.165, 1.54) is 0 Å². The fourth-order valence-corrected chi connectivity index (χ4v) is 1.76. The summed E-state index contributed by atoms with van der Waals surface area (Å²) in [6.45, 7) is 4.92. The van der Waals surface area contributed by atoms with E-state index in [2.05, 4.69) is 10.6 Å². The molecule has 0 aliphatic rings. The van der Waals surface area contributed by atoms with E-state index in [4.69, 9.17) is 22.2 Å². The van der Waals surface area contributed by atoms with Crippen LogP contribution in [0.15, 0.2) is 0 Å². The van der Waals surface area contributed by atoms with Gasteiger partial charge in [-0.3, -0.25) is 14.3 Å². The van der Waals surface area contributed by atoms with Gasteiger partial charge in [-0.25, -0.2) is 0 Å². The number of primary amides is 1. The molecule has 1 amide bonds. The van der Waals surface area contributed by atoms with Gasteiger partial charge < -0.3 is 5.73 Å². The quantitative estimate of drug-likeness (QED) is 0.556. The number of nitrogens with one attached hydrogen (secondary N) is 1. The Morgan fingerprint density at radius 1 is 1.59 bits per heavy atom. The maximum atomic E-state index is 10.5. The molecule has 1 aromatic rings. The maximum absolute atomic E-state index is 10.5. The Labute approximate surface area is 105 Å². The normalized spacial score (nSPS) is 10.8. The number of carbonyl (C=O) groups excluding carboxylic acids is 1. The second-order valence-corrected chi connectivity index (χ2v) is 3.83. The number of nitrogens with two attached hydrogens (primary N) is 1. The Bertz CT molecular complexity index is 392. The van der Waals surface area contributed by atoms with E-state index in [1.54, 1.807) is 0 Å². The molecule has 0 radical (unpaired) electrons. The van der Waals surface area contributed by atoms with Crippen LogP contribution < -0.4 is 11.2 Å². The molecular weight excluding hydrogens is 244 g/mol. The number of hydrogen-bond acceptors (Lipinski definition) is 4. The third kappa shape index (κ3) is 3.69. The minimum absolute atomic E-state index is 0.168. The number of halogens is 1. The Kier molecular flexibility index (Phi) is 5.40. The molecular formula is C10H17ClN4O2. The van der Waals surface area contributed by atoms with Crippen molar-refractivity contribution in [1.82, 2.24) is 15.3 Å². The molecule has 0 aliphatic heterocycles. The molecule has 0 unspecified atom stereocenters.